The van der Waals surface area contributed by atoms with Crippen LogP contribution < -0.4 is 10.6 Å². The fraction of sp³-hybridized carbons (Fsp3) is 0.581. The summed E-state index contributed by atoms with van der Waals surface area (Å²) in [6, 6.07) is 3.44. The molecule has 8 atom stereocenters. The fourth-order valence-electron chi connectivity index (χ4n) is 8.38. The molecule has 6 aliphatic rings. The van der Waals surface area contributed by atoms with Crippen molar-refractivity contribution in [1.82, 2.24) is 30.6 Å². The lowest BCUT2D eigenvalue weighted by Crippen LogP contribution is -2.51. The number of hydrazone groups is 2. The number of carbonyl (C=O) groups excluding carboxylic acids is 1. The van der Waals surface area contributed by atoms with Crippen molar-refractivity contribution in [3.05, 3.63) is 59.7 Å². The van der Waals surface area contributed by atoms with Crippen LogP contribution in [0.2, 0.25) is 0 Å². The zero-order chi connectivity index (χ0) is 28.5. The summed E-state index contributed by atoms with van der Waals surface area (Å²) < 4.78 is 27.8. The zero-order valence-electron chi connectivity index (χ0n) is 23.5. The lowest BCUT2D eigenvalue weighted by molar-refractivity contribution is -0.129. The van der Waals surface area contributed by atoms with Gasteiger partial charge in [-0.05, 0) is 74.9 Å². The van der Waals surface area contributed by atoms with E-state index in [1.54, 1.807) is 24.5 Å². The topological polar surface area (TPSA) is 98.1 Å². The van der Waals surface area contributed by atoms with Crippen molar-refractivity contribution < 1.29 is 13.6 Å². The predicted molar refractivity (Wildman–Crippen MR) is 153 cm³/mol. The number of Topliss-reactive ketones (excluding diaryl/α,β-unsaturated/α-hetero) is 1. The second kappa shape index (κ2) is 9.87. The number of piperidine rings is 2. The summed E-state index contributed by atoms with van der Waals surface area (Å²) in [5.41, 5.74) is 1.44. The van der Waals surface area contributed by atoms with Gasteiger partial charge in [-0.1, -0.05) is 0 Å². The second-order valence-electron chi connectivity index (χ2n) is 13.1. The van der Waals surface area contributed by atoms with Gasteiger partial charge in [-0.25, -0.2) is 8.78 Å². The summed E-state index contributed by atoms with van der Waals surface area (Å²) in [7, 11) is 0. The van der Waals surface area contributed by atoms with E-state index in [-0.39, 0.29) is 58.7 Å². The fourth-order valence-corrected chi connectivity index (χ4v) is 8.38. The zero-order valence-corrected chi connectivity index (χ0v) is 23.5. The van der Waals surface area contributed by atoms with Crippen LogP contribution in [-0.2, 0) is 4.79 Å². The summed E-state index contributed by atoms with van der Waals surface area (Å²) >= 11 is 0. The third-order valence-corrected chi connectivity index (χ3v) is 10.6. The Kier molecular flexibility index (Phi) is 6.19. The molecule has 220 valence electrons. The van der Waals surface area contributed by atoms with Crippen LogP contribution in [0.15, 0.2) is 47.1 Å². The molecule has 2 aliphatic carbocycles. The number of rotatable bonds is 6. The minimum Gasteiger partial charge on any atom is -0.309 e. The van der Waals surface area contributed by atoms with Crippen LogP contribution >= 0.6 is 0 Å². The van der Waals surface area contributed by atoms with Gasteiger partial charge in [-0.2, -0.15) is 10.2 Å². The Hall–Kier alpha value is -3.31. The van der Waals surface area contributed by atoms with Gasteiger partial charge in [0.2, 0.25) is 0 Å². The summed E-state index contributed by atoms with van der Waals surface area (Å²) in [6.07, 6.45) is 16.4. The summed E-state index contributed by atoms with van der Waals surface area (Å²) in [5.74, 6) is -0.195. The number of nitrogens with zero attached hydrogens (tertiary/aromatic N) is 6. The van der Waals surface area contributed by atoms with Gasteiger partial charge in [-0.15, -0.1) is 0 Å². The number of aromatic nitrogens is 2. The van der Waals surface area contributed by atoms with Crippen molar-refractivity contribution in [3.8, 4) is 0 Å². The number of carbonyl (C=O) groups is 1. The number of halogens is 2. The Balaban J connectivity index is 0.928. The molecule has 0 aromatic carbocycles. The number of hydrogen-bond acceptors (Lipinski definition) is 9. The number of pyridine rings is 2. The molecule has 2 aromatic rings. The Morgan fingerprint density at radius 3 is 1.67 bits per heavy atom. The van der Waals surface area contributed by atoms with E-state index in [1.165, 1.54) is 12.4 Å². The lowest BCUT2D eigenvalue weighted by atomic mass is 9.77. The van der Waals surface area contributed by atoms with Gasteiger partial charge in [0, 0.05) is 60.6 Å². The van der Waals surface area contributed by atoms with E-state index in [0.29, 0.717) is 5.78 Å². The molecule has 2 saturated heterocycles. The van der Waals surface area contributed by atoms with Crippen LogP contribution in [0.25, 0.3) is 0 Å². The summed E-state index contributed by atoms with van der Waals surface area (Å²) in [5, 5.41) is 21.1. The second-order valence-corrected chi connectivity index (χ2v) is 13.1. The number of ketones is 1. The first kappa shape index (κ1) is 26.3. The van der Waals surface area contributed by atoms with E-state index in [4.69, 9.17) is 0 Å². The molecule has 4 fully saturated rings. The first-order valence-electron chi connectivity index (χ1n) is 15.3. The molecule has 8 rings (SSSR count). The van der Waals surface area contributed by atoms with Crippen LogP contribution in [0.4, 0.5) is 8.78 Å². The first-order valence-corrected chi connectivity index (χ1v) is 15.3. The molecule has 8 unspecified atom stereocenters. The van der Waals surface area contributed by atoms with Crippen molar-refractivity contribution in [3.63, 3.8) is 0 Å². The van der Waals surface area contributed by atoms with E-state index >= 15 is 0 Å². The standard InChI is InChI=1S/C31H36F2N8O/c32-23-9-21(15-34-17-23)25-3-7-38-40(25)27-13-30(27)11-19(1-5-36-30)29(42)20-2-6-37-31(12-20)14-28(31)41-26(4-8-39-41)22-10-24(33)18-35-16-22/h7-10,15-20,25-28,36-37H,1-6,11-14H2. The first-order chi connectivity index (χ1) is 20.4. The molecule has 2 N–H and O–H groups in total. The van der Waals surface area contributed by atoms with Crippen molar-refractivity contribution in [2.45, 2.75) is 86.6 Å². The Bertz CT molecular complexity index is 1350. The van der Waals surface area contributed by atoms with E-state index in [1.807, 2.05) is 12.4 Å². The molecule has 0 amide bonds. The molecule has 11 heteroatoms. The largest absolute Gasteiger partial charge is 0.309 e. The third kappa shape index (κ3) is 4.43. The van der Waals surface area contributed by atoms with Gasteiger partial charge in [-0.3, -0.25) is 24.8 Å². The maximum Gasteiger partial charge on any atom is 0.141 e. The minimum absolute atomic E-state index is 0.0215. The van der Waals surface area contributed by atoms with E-state index in [9.17, 15) is 13.6 Å². The van der Waals surface area contributed by atoms with Crippen molar-refractivity contribution in [2.24, 2.45) is 22.0 Å². The number of hydrogen-bond donors (Lipinski definition) is 2. The maximum atomic E-state index is 14.0. The van der Waals surface area contributed by atoms with Gasteiger partial charge in [0.1, 0.15) is 17.4 Å². The normalized spacial score (nSPS) is 38.5. The highest BCUT2D eigenvalue weighted by Crippen LogP contribution is 2.54. The molecule has 2 saturated carbocycles. The summed E-state index contributed by atoms with van der Waals surface area (Å²) in [6.45, 7) is 1.64. The Morgan fingerprint density at radius 2 is 1.21 bits per heavy atom. The molecule has 0 bridgehead atoms. The average Bonchev–Trinajstić information content (AvgIpc) is 3.64. The minimum atomic E-state index is -0.331. The van der Waals surface area contributed by atoms with Gasteiger partial charge in [0.05, 0.1) is 36.6 Å². The molecule has 9 nitrogen and oxygen atoms in total. The highest BCUT2D eigenvalue weighted by Gasteiger charge is 2.63. The molecule has 6 heterocycles. The van der Waals surface area contributed by atoms with Crippen LogP contribution in [0.1, 0.15) is 74.6 Å². The monoisotopic (exact) mass is 574 g/mol. The maximum absolute atomic E-state index is 14.0. The molecule has 2 spiro atoms. The smallest absolute Gasteiger partial charge is 0.141 e. The molecule has 2 aromatic heterocycles. The van der Waals surface area contributed by atoms with Crippen LogP contribution in [0.5, 0.6) is 0 Å². The van der Waals surface area contributed by atoms with E-state index in [2.05, 4.69) is 40.8 Å². The van der Waals surface area contributed by atoms with Gasteiger partial charge < -0.3 is 10.6 Å². The Morgan fingerprint density at radius 1 is 0.738 bits per heavy atom. The van der Waals surface area contributed by atoms with Crippen LogP contribution in [0, 0.1) is 23.5 Å². The van der Waals surface area contributed by atoms with Crippen molar-refractivity contribution in [2.75, 3.05) is 13.1 Å². The van der Waals surface area contributed by atoms with Crippen molar-refractivity contribution >= 4 is 18.2 Å². The average molecular weight is 575 g/mol. The third-order valence-electron chi connectivity index (χ3n) is 10.6. The van der Waals surface area contributed by atoms with E-state index < -0.39 is 0 Å². The molecular weight excluding hydrogens is 538 g/mol. The molecule has 4 aliphatic heterocycles. The predicted octanol–water partition coefficient (Wildman–Crippen LogP) is 3.51. The van der Waals surface area contributed by atoms with Crippen LogP contribution in [0.3, 0.4) is 0 Å². The molecule has 0 radical (unpaired) electrons. The molecule has 42 heavy (non-hydrogen) atoms. The van der Waals surface area contributed by atoms with E-state index in [0.717, 1.165) is 75.6 Å². The van der Waals surface area contributed by atoms with Gasteiger partial charge in [0.25, 0.3) is 0 Å². The van der Waals surface area contributed by atoms with Crippen LogP contribution in [-0.4, -0.2) is 74.4 Å². The quantitative estimate of drug-likeness (QED) is 0.545. The SMILES string of the molecule is O=C(C1CCNC2(C1)CC2N1N=CCC1c1cncc(F)c1)C1CCNC2(C1)CC2N1N=CCC1c1cncc(F)c1. The van der Waals surface area contributed by atoms with Gasteiger partial charge in [0.15, 0.2) is 0 Å². The highest BCUT2D eigenvalue weighted by molar-refractivity contribution is 5.84. The Labute approximate surface area is 243 Å². The molecular formula is C31H36F2N8O. The lowest BCUT2D eigenvalue weighted by Gasteiger charge is -2.38. The highest BCUT2D eigenvalue weighted by atomic mass is 19.1. The number of nitrogens with one attached hydrogen (secondary N) is 2. The summed E-state index contributed by atoms with van der Waals surface area (Å²) in [4.78, 5) is 22.2. The van der Waals surface area contributed by atoms with Crippen molar-refractivity contribution in [1.29, 1.82) is 0 Å². The van der Waals surface area contributed by atoms with Gasteiger partial charge >= 0.3 is 0 Å².